The molecule has 0 spiro atoms. The predicted octanol–water partition coefficient (Wildman–Crippen LogP) is -0.178. The number of hydrogen-bond donors (Lipinski definition) is 2. The molecule has 2 heterocycles. The monoisotopic (exact) mass is 334 g/mol. The lowest BCUT2D eigenvalue weighted by molar-refractivity contribution is 0.560. The van der Waals surface area contributed by atoms with E-state index < -0.39 is 10.0 Å². The van der Waals surface area contributed by atoms with Crippen LogP contribution in [-0.4, -0.2) is 39.9 Å². The zero-order valence-corrected chi connectivity index (χ0v) is 11.9. The first-order valence-electron chi connectivity index (χ1n) is 5.04. The fraction of sp³-hybridized carbons (Fsp3) is 0.375. The Kier molecular flexibility index (Phi) is 3.78. The third-order valence-electron chi connectivity index (χ3n) is 2.20. The van der Waals surface area contributed by atoms with Crippen LogP contribution in [0.25, 0.3) is 0 Å². The summed E-state index contributed by atoms with van der Waals surface area (Å²) >= 11 is 3.05. The molecule has 0 amide bonds. The van der Waals surface area contributed by atoms with E-state index in [0.717, 1.165) is 5.82 Å². The number of H-pyrrole nitrogens is 1. The second-order valence-corrected chi connectivity index (χ2v) is 5.93. The molecule has 0 bridgehead atoms. The maximum Gasteiger partial charge on any atom is 0.260 e. The van der Waals surface area contributed by atoms with Crippen LogP contribution in [0.3, 0.4) is 0 Å². The predicted molar refractivity (Wildman–Crippen MR) is 66.2 cm³/mol. The van der Waals surface area contributed by atoms with Crippen molar-refractivity contribution >= 4 is 26.0 Å². The van der Waals surface area contributed by atoms with Gasteiger partial charge >= 0.3 is 0 Å². The second kappa shape index (κ2) is 5.16. The second-order valence-electron chi connectivity index (χ2n) is 3.49. The summed E-state index contributed by atoms with van der Waals surface area (Å²) in [5, 5.41) is 7.26. The number of rotatable bonds is 5. The van der Waals surface area contributed by atoms with E-state index in [0.29, 0.717) is 6.42 Å². The summed E-state index contributed by atoms with van der Waals surface area (Å²) in [6.45, 7) is 0.244. The Labute approximate surface area is 112 Å². The molecule has 2 N–H and O–H groups in total. The van der Waals surface area contributed by atoms with Crippen LogP contribution in [0.1, 0.15) is 5.82 Å². The Morgan fingerprint density at radius 1 is 1.56 bits per heavy atom. The highest BCUT2D eigenvalue weighted by Crippen LogP contribution is 2.17. The molecular formula is C8H11BrN6O2S. The molecule has 2 aromatic heterocycles. The summed E-state index contributed by atoms with van der Waals surface area (Å²) in [4.78, 5) is 6.90. The zero-order chi connectivity index (χ0) is 13.2. The fourth-order valence-corrected chi connectivity index (χ4v) is 3.54. The average molecular weight is 335 g/mol. The largest absolute Gasteiger partial charge is 0.349 e. The maximum absolute atomic E-state index is 12.0. The number of aryl methyl sites for hydroxylation is 1. The highest BCUT2D eigenvalue weighted by atomic mass is 79.9. The Bertz CT molecular complexity index is 601. The molecule has 2 rings (SSSR count). The first-order valence-corrected chi connectivity index (χ1v) is 7.31. The summed E-state index contributed by atoms with van der Waals surface area (Å²) in [6, 6.07) is 0. The number of aromatic amines is 1. The molecule has 0 saturated carbocycles. The van der Waals surface area contributed by atoms with Crippen LogP contribution < -0.4 is 4.72 Å². The zero-order valence-electron chi connectivity index (χ0n) is 9.46. The van der Waals surface area contributed by atoms with Crippen LogP contribution in [0.4, 0.5) is 0 Å². The number of nitrogens with zero attached hydrogens (tertiary/aromatic N) is 4. The minimum atomic E-state index is -3.63. The number of imidazole rings is 1. The molecule has 0 unspecified atom stereocenters. The smallest absolute Gasteiger partial charge is 0.260 e. The quantitative estimate of drug-likeness (QED) is 0.789. The van der Waals surface area contributed by atoms with Gasteiger partial charge in [0.25, 0.3) is 10.0 Å². The van der Waals surface area contributed by atoms with Crippen molar-refractivity contribution < 1.29 is 8.42 Å². The van der Waals surface area contributed by atoms with Gasteiger partial charge in [0, 0.05) is 32.4 Å². The van der Waals surface area contributed by atoms with Gasteiger partial charge in [-0.1, -0.05) is 5.21 Å². The van der Waals surface area contributed by atoms with Crippen LogP contribution in [0.5, 0.6) is 0 Å². The molecule has 0 radical (unpaired) electrons. The average Bonchev–Trinajstić information content (AvgIpc) is 2.89. The minimum Gasteiger partial charge on any atom is -0.349 e. The highest BCUT2D eigenvalue weighted by Gasteiger charge is 2.23. The molecule has 10 heteroatoms. The normalized spacial score (nSPS) is 11.9. The summed E-state index contributed by atoms with van der Waals surface area (Å²) in [6.07, 6.45) is 3.78. The number of sulfonamides is 1. The lowest BCUT2D eigenvalue weighted by atomic mass is 10.4. The molecule has 0 atom stereocenters. The van der Waals surface area contributed by atoms with Crippen LogP contribution in [0.15, 0.2) is 22.0 Å². The summed E-state index contributed by atoms with van der Waals surface area (Å²) in [5.74, 6) is 0.722. The van der Waals surface area contributed by atoms with Gasteiger partial charge in [0.15, 0.2) is 4.60 Å². The van der Waals surface area contributed by atoms with E-state index in [-0.39, 0.29) is 16.2 Å². The molecular weight excluding hydrogens is 324 g/mol. The first kappa shape index (κ1) is 13.2. The van der Waals surface area contributed by atoms with Crippen LogP contribution >= 0.6 is 15.9 Å². The van der Waals surface area contributed by atoms with E-state index >= 15 is 0 Å². The van der Waals surface area contributed by atoms with Gasteiger partial charge in [-0.2, -0.15) is 0 Å². The number of hydrogen-bond acceptors (Lipinski definition) is 5. The van der Waals surface area contributed by atoms with Gasteiger partial charge in [-0.25, -0.2) is 22.8 Å². The van der Waals surface area contributed by atoms with Gasteiger partial charge < -0.3 is 4.98 Å². The first-order chi connectivity index (χ1) is 8.50. The van der Waals surface area contributed by atoms with Gasteiger partial charge in [-0.05, 0) is 15.9 Å². The van der Waals surface area contributed by atoms with E-state index in [1.54, 1.807) is 12.4 Å². The van der Waals surface area contributed by atoms with Crippen molar-refractivity contribution in [2.24, 2.45) is 7.05 Å². The summed E-state index contributed by atoms with van der Waals surface area (Å²) in [5.41, 5.74) is 0. The minimum absolute atomic E-state index is 0.00180. The summed E-state index contributed by atoms with van der Waals surface area (Å²) < 4.78 is 27.8. The Balaban J connectivity index is 2.04. The van der Waals surface area contributed by atoms with Crippen molar-refractivity contribution in [3.8, 4) is 0 Å². The van der Waals surface area contributed by atoms with E-state index in [1.807, 2.05) is 0 Å². The number of aromatic nitrogens is 5. The van der Waals surface area contributed by atoms with Crippen LogP contribution in [-0.2, 0) is 23.5 Å². The Morgan fingerprint density at radius 2 is 2.33 bits per heavy atom. The van der Waals surface area contributed by atoms with Crippen molar-refractivity contribution in [3.05, 3.63) is 22.8 Å². The van der Waals surface area contributed by atoms with Gasteiger partial charge in [0.05, 0.1) is 0 Å². The SMILES string of the molecule is Cn1nnc(Br)c1S(=O)(=O)NCCc1ncc[nH]1. The topological polar surface area (TPSA) is 106 Å². The molecule has 8 nitrogen and oxygen atoms in total. The molecule has 98 valence electrons. The number of nitrogens with one attached hydrogen (secondary N) is 2. The molecule has 0 aliphatic rings. The van der Waals surface area contributed by atoms with Crippen LogP contribution in [0.2, 0.25) is 0 Å². The Hall–Kier alpha value is -1.26. The summed E-state index contributed by atoms with van der Waals surface area (Å²) in [7, 11) is -2.12. The lowest BCUT2D eigenvalue weighted by Crippen LogP contribution is -2.28. The fourth-order valence-electron chi connectivity index (χ4n) is 1.41. The van der Waals surface area contributed by atoms with E-state index in [1.165, 1.54) is 11.7 Å². The van der Waals surface area contributed by atoms with Crippen molar-refractivity contribution in [3.63, 3.8) is 0 Å². The third-order valence-corrected chi connectivity index (χ3v) is 4.55. The molecule has 0 aliphatic heterocycles. The molecule has 0 fully saturated rings. The maximum atomic E-state index is 12.0. The molecule has 2 aromatic rings. The van der Waals surface area contributed by atoms with Gasteiger partial charge in [0.2, 0.25) is 5.03 Å². The molecule has 0 aromatic carbocycles. The van der Waals surface area contributed by atoms with Crippen LogP contribution in [0, 0.1) is 0 Å². The van der Waals surface area contributed by atoms with E-state index in [2.05, 4.69) is 40.9 Å². The van der Waals surface area contributed by atoms with Crippen molar-refractivity contribution in [1.29, 1.82) is 0 Å². The third kappa shape index (κ3) is 2.76. The molecule has 0 saturated heterocycles. The van der Waals surface area contributed by atoms with Crippen molar-refractivity contribution in [1.82, 2.24) is 29.7 Å². The van der Waals surface area contributed by atoms with E-state index in [9.17, 15) is 8.42 Å². The van der Waals surface area contributed by atoms with Crippen molar-refractivity contribution in [2.45, 2.75) is 11.4 Å². The molecule has 0 aliphatic carbocycles. The van der Waals surface area contributed by atoms with Gasteiger partial charge in [-0.3, -0.25) is 0 Å². The van der Waals surface area contributed by atoms with Gasteiger partial charge in [0.1, 0.15) is 5.82 Å². The number of halogens is 1. The molecule has 18 heavy (non-hydrogen) atoms. The van der Waals surface area contributed by atoms with E-state index in [4.69, 9.17) is 0 Å². The highest BCUT2D eigenvalue weighted by molar-refractivity contribution is 9.10. The van der Waals surface area contributed by atoms with Crippen molar-refractivity contribution in [2.75, 3.05) is 6.54 Å². The standard InChI is InChI=1S/C8H11BrN6O2S/c1-15-8(7(9)13-14-15)18(16,17)12-3-2-6-10-4-5-11-6/h4-5,12H,2-3H2,1H3,(H,10,11). The Morgan fingerprint density at radius 3 is 2.89 bits per heavy atom. The lowest BCUT2D eigenvalue weighted by Gasteiger charge is -2.05. The van der Waals surface area contributed by atoms with Gasteiger partial charge in [-0.15, -0.1) is 5.10 Å².